The van der Waals surface area contributed by atoms with Gasteiger partial charge in [0, 0.05) is 6.42 Å². The van der Waals surface area contributed by atoms with E-state index in [1.807, 2.05) is 19.1 Å². The Kier molecular flexibility index (Phi) is 14.3. The van der Waals surface area contributed by atoms with E-state index in [1.165, 1.54) is 0 Å². The molecule has 0 spiro atoms. The summed E-state index contributed by atoms with van der Waals surface area (Å²) in [6, 6.07) is 0. The molecule has 138 valence electrons. The van der Waals surface area contributed by atoms with Crippen LogP contribution in [0.1, 0.15) is 84.5 Å². The number of unbranched alkanes of at least 4 members (excludes halogenated alkanes) is 5. The number of carbonyl (C=O) groups is 1. The van der Waals surface area contributed by atoms with Crippen molar-refractivity contribution in [2.75, 3.05) is 0 Å². The first kappa shape index (κ1) is 22.6. The van der Waals surface area contributed by atoms with E-state index in [9.17, 15) is 9.90 Å². The van der Waals surface area contributed by atoms with Gasteiger partial charge in [0.1, 0.15) is 0 Å². The largest absolute Gasteiger partial charge is 0.481 e. The average Bonchev–Trinajstić information content (AvgIpc) is 2.53. The summed E-state index contributed by atoms with van der Waals surface area (Å²) in [5.74, 6) is -0.714. The van der Waals surface area contributed by atoms with E-state index < -0.39 is 11.6 Å². The van der Waals surface area contributed by atoms with Crippen molar-refractivity contribution in [2.24, 2.45) is 0 Å². The van der Waals surface area contributed by atoms with Gasteiger partial charge in [-0.25, -0.2) is 0 Å². The van der Waals surface area contributed by atoms with Gasteiger partial charge in [-0.2, -0.15) is 0 Å². The van der Waals surface area contributed by atoms with Gasteiger partial charge in [-0.05, 0) is 58.3 Å². The third-order valence-electron chi connectivity index (χ3n) is 3.93. The Morgan fingerprint density at radius 3 is 2.12 bits per heavy atom. The first-order valence-electron chi connectivity index (χ1n) is 9.39. The Labute approximate surface area is 148 Å². The fourth-order valence-corrected chi connectivity index (χ4v) is 2.37. The van der Waals surface area contributed by atoms with Crippen molar-refractivity contribution in [1.82, 2.24) is 0 Å². The zero-order valence-electron chi connectivity index (χ0n) is 15.5. The van der Waals surface area contributed by atoms with Gasteiger partial charge >= 0.3 is 5.97 Å². The summed E-state index contributed by atoms with van der Waals surface area (Å²) in [5, 5.41) is 18.7. The van der Waals surface area contributed by atoms with Crippen LogP contribution in [0.3, 0.4) is 0 Å². The monoisotopic (exact) mass is 336 g/mol. The Morgan fingerprint density at radius 2 is 1.50 bits per heavy atom. The molecular weight excluding hydrogens is 300 g/mol. The first-order valence-corrected chi connectivity index (χ1v) is 9.39. The van der Waals surface area contributed by atoms with Crippen molar-refractivity contribution in [3.63, 3.8) is 0 Å². The minimum Gasteiger partial charge on any atom is -0.481 e. The van der Waals surface area contributed by atoms with E-state index in [-0.39, 0.29) is 6.42 Å². The molecule has 0 amide bonds. The lowest BCUT2D eigenvalue weighted by Crippen LogP contribution is -2.22. The summed E-state index contributed by atoms with van der Waals surface area (Å²) in [5.41, 5.74) is -0.572. The summed E-state index contributed by atoms with van der Waals surface area (Å²) in [4.78, 5) is 10.3. The van der Waals surface area contributed by atoms with Crippen molar-refractivity contribution in [1.29, 1.82) is 0 Å². The highest BCUT2D eigenvalue weighted by Gasteiger charge is 2.16. The van der Waals surface area contributed by atoms with Gasteiger partial charge in [0.2, 0.25) is 0 Å². The highest BCUT2D eigenvalue weighted by atomic mass is 16.4. The summed E-state index contributed by atoms with van der Waals surface area (Å²) < 4.78 is 0. The van der Waals surface area contributed by atoms with Crippen molar-refractivity contribution in [2.45, 2.75) is 90.1 Å². The first-order chi connectivity index (χ1) is 11.5. The van der Waals surface area contributed by atoms with Gasteiger partial charge in [0.15, 0.2) is 0 Å². The van der Waals surface area contributed by atoms with Crippen LogP contribution < -0.4 is 0 Å². The third kappa shape index (κ3) is 17.0. The van der Waals surface area contributed by atoms with Crippen LogP contribution in [0.25, 0.3) is 0 Å². The SMILES string of the molecule is CCCCC(C)(O)CC=CC=CCCCC/C=C\CCCC(=O)O. The fraction of sp³-hybridized carbons (Fsp3) is 0.667. The Hall–Kier alpha value is -1.35. The van der Waals surface area contributed by atoms with Crippen LogP contribution in [0.4, 0.5) is 0 Å². The minimum absolute atomic E-state index is 0.261. The topological polar surface area (TPSA) is 57.5 Å². The zero-order valence-corrected chi connectivity index (χ0v) is 15.5. The van der Waals surface area contributed by atoms with E-state index in [1.54, 1.807) is 0 Å². The molecule has 0 saturated heterocycles. The van der Waals surface area contributed by atoms with Crippen LogP contribution in [-0.2, 0) is 4.79 Å². The molecule has 0 aromatic carbocycles. The summed E-state index contributed by atoms with van der Waals surface area (Å²) in [6.07, 6.45) is 22.7. The fourth-order valence-electron chi connectivity index (χ4n) is 2.37. The molecule has 2 N–H and O–H groups in total. The van der Waals surface area contributed by atoms with Crippen LogP contribution in [0.5, 0.6) is 0 Å². The molecule has 1 unspecified atom stereocenters. The molecule has 0 heterocycles. The predicted molar refractivity (Wildman–Crippen MR) is 102 cm³/mol. The molecule has 0 aromatic heterocycles. The lowest BCUT2D eigenvalue weighted by atomic mass is 9.95. The second kappa shape index (κ2) is 15.2. The highest BCUT2D eigenvalue weighted by molar-refractivity contribution is 5.66. The molecule has 3 nitrogen and oxygen atoms in total. The predicted octanol–water partition coefficient (Wildman–Crippen LogP) is 5.80. The second-order valence-corrected chi connectivity index (χ2v) is 6.70. The normalized spacial score (nSPS) is 14.8. The molecular formula is C21H36O3. The average molecular weight is 337 g/mol. The summed E-state index contributed by atoms with van der Waals surface area (Å²) in [6.45, 7) is 4.05. The number of hydrogen-bond donors (Lipinski definition) is 2. The van der Waals surface area contributed by atoms with Crippen LogP contribution >= 0.6 is 0 Å². The van der Waals surface area contributed by atoms with Crippen molar-refractivity contribution in [3.05, 3.63) is 36.5 Å². The molecule has 3 heteroatoms. The van der Waals surface area contributed by atoms with Gasteiger partial charge in [0.25, 0.3) is 0 Å². The molecule has 1 atom stereocenters. The Balaban J connectivity index is 3.54. The summed E-state index contributed by atoms with van der Waals surface area (Å²) in [7, 11) is 0. The van der Waals surface area contributed by atoms with Gasteiger partial charge in [-0.15, -0.1) is 0 Å². The number of allylic oxidation sites excluding steroid dienone is 5. The molecule has 0 aromatic rings. The lowest BCUT2D eigenvalue weighted by molar-refractivity contribution is -0.137. The van der Waals surface area contributed by atoms with Crippen molar-refractivity contribution < 1.29 is 15.0 Å². The molecule has 0 fully saturated rings. The van der Waals surface area contributed by atoms with E-state index in [2.05, 4.69) is 31.2 Å². The number of carboxylic acid groups (broad SMARTS) is 1. The van der Waals surface area contributed by atoms with Crippen LogP contribution in [0.15, 0.2) is 36.5 Å². The maximum Gasteiger partial charge on any atom is 0.303 e. The maximum absolute atomic E-state index is 10.3. The van der Waals surface area contributed by atoms with Gasteiger partial charge in [0.05, 0.1) is 5.60 Å². The molecule has 24 heavy (non-hydrogen) atoms. The standard InChI is InChI=1S/C21H36O3/c1-3-4-18-21(2,24)19-16-14-12-10-8-6-5-7-9-11-13-15-17-20(22)23/h9-12,14,16,24H,3-8,13,15,17-19H2,1-2H3,(H,22,23)/b11-9-,12-10?,16-14?. The van der Waals surface area contributed by atoms with E-state index >= 15 is 0 Å². The molecule has 0 rings (SSSR count). The maximum atomic E-state index is 10.3. The molecule has 0 bridgehead atoms. The van der Waals surface area contributed by atoms with Crippen LogP contribution in [0.2, 0.25) is 0 Å². The number of aliphatic hydroxyl groups is 1. The van der Waals surface area contributed by atoms with Crippen LogP contribution in [-0.4, -0.2) is 21.8 Å². The molecule has 0 saturated carbocycles. The van der Waals surface area contributed by atoms with Crippen LogP contribution in [0, 0.1) is 0 Å². The number of aliphatic carboxylic acids is 1. The highest BCUT2D eigenvalue weighted by Crippen LogP contribution is 2.18. The molecule has 0 aliphatic heterocycles. The molecule has 0 aliphatic rings. The molecule has 0 radical (unpaired) electrons. The quantitative estimate of drug-likeness (QED) is 0.226. The van der Waals surface area contributed by atoms with E-state index in [0.717, 1.165) is 57.8 Å². The van der Waals surface area contributed by atoms with E-state index in [0.29, 0.717) is 6.42 Å². The Morgan fingerprint density at radius 1 is 0.917 bits per heavy atom. The third-order valence-corrected chi connectivity index (χ3v) is 3.93. The van der Waals surface area contributed by atoms with Gasteiger partial charge < -0.3 is 10.2 Å². The van der Waals surface area contributed by atoms with Crippen molar-refractivity contribution >= 4 is 5.97 Å². The van der Waals surface area contributed by atoms with E-state index in [4.69, 9.17) is 5.11 Å². The number of hydrogen-bond acceptors (Lipinski definition) is 2. The van der Waals surface area contributed by atoms with Crippen molar-refractivity contribution in [3.8, 4) is 0 Å². The smallest absolute Gasteiger partial charge is 0.303 e. The zero-order chi connectivity index (χ0) is 18.1. The number of carboxylic acids is 1. The lowest BCUT2D eigenvalue weighted by Gasteiger charge is -2.20. The Bertz CT molecular complexity index is 392. The van der Waals surface area contributed by atoms with Gasteiger partial charge in [-0.1, -0.05) is 56.2 Å². The molecule has 0 aliphatic carbocycles. The summed E-state index contributed by atoms with van der Waals surface area (Å²) >= 11 is 0. The van der Waals surface area contributed by atoms with Gasteiger partial charge in [-0.3, -0.25) is 4.79 Å². The number of rotatable bonds is 15. The minimum atomic E-state index is -0.714. The second-order valence-electron chi connectivity index (χ2n) is 6.70.